The van der Waals surface area contributed by atoms with E-state index < -0.39 is 0 Å². The highest BCUT2D eigenvalue weighted by Gasteiger charge is 2.26. The first kappa shape index (κ1) is 16.3. The fraction of sp³-hybridized carbons (Fsp3) is 0.562. The van der Waals surface area contributed by atoms with Crippen LogP contribution in [0.25, 0.3) is 0 Å². The van der Waals surface area contributed by atoms with E-state index in [0.29, 0.717) is 17.6 Å². The second kappa shape index (κ2) is 7.25. The van der Waals surface area contributed by atoms with Crippen molar-refractivity contribution in [3.63, 3.8) is 0 Å². The fourth-order valence-corrected chi connectivity index (χ4v) is 3.08. The molecule has 1 aromatic carbocycles. The topological polar surface area (TPSA) is 58.4 Å². The van der Waals surface area contributed by atoms with E-state index in [1.165, 1.54) is 6.42 Å². The van der Waals surface area contributed by atoms with Crippen molar-refractivity contribution in [1.29, 1.82) is 0 Å². The van der Waals surface area contributed by atoms with Gasteiger partial charge in [-0.15, -0.1) is 0 Å². The molecule has 4 nitrogen and oxygen atoms in total. The van der Waals surface area contributed by atoms with Gasteiger partial charge in [0.2, 0.25) is 5.91 Å². The smallest absolute Gasteiger partial charge is 0.238 e. The second-order valence-corrected chi connectivity index (χ2v) is 6.34. The van der Waals surface area contributed by atoms with Gasteiger partial charge in [0.1, 0.15) is 0 Å². The van der Waals surface area contributed by atoms with Crippen molar-refractivity contribution in [3.8, 4) is 0 Å². The molecule has 116 valence electrons. The Morgan fingerprint density at radius 3 is 3.00 bits per heavy atom. The summed E-state index contributed by atoms with van der Waals surface area (Å²) in [5.41, 5.74) is 7.83. The molecular formula is C16H24ClN3O. The minimum atomic E-state index is -0.00656. The zero-order chi connectivity index (χ0) is 15.4. The minimum Gasteiger partial charge on any atom is -0.327 e. The van der Waals surface area contributed by atoms with Crippen LogP contribution in [0.2, 0.25) is 5.02 Å². The van der Waals surface area contributed by atoms with Crippen molar-refractivity contribution in [2.75, 3.05) is 18.4 Å². The lowest BCUT2D eigenvalue weighted by molar-refractivity contribution is -0.118. The molecule has 21 heavy (non-hydrogen) atoms. The zero-order valence-electron chi connectivity index (χ0n) is 12.7. The monoisotopic (exact) mass is 309 g/mol. The van der Waals surface area contributed by atoms with Gasteiger partial charge in [-0.1, -0.05) is 24.1 Å². The van der Waals surface area contributed by atoms with Crippen LogP contribution in [0.15, 0.2) is 18.2 Å². The molecular weight excluding hydrogens is 286 g/mol. The highest BCUT2D eigenvalue weighted by atomic mass is 35.5. The van der Waals surface area contributed by atoms with Crippen molar-refractivity contribution >= 4 is 23.2 Å². The molecule has 1 aliphatic heterocycles. The molecule has 5 heteroatoms. The van der Waals surface area contributed by atoms with Crippen LogP contribution in [-0.2, 0) is 4.79 Å². The van der Waals surface area contributed by atoms with Crippen LogP contribution in [0.4, 0.5) is 5.69 Å². The van der Waals surface area contributed by atoms with E-state index in [9.17, 15) is 4.79 Å². The summed E-state index contributed by atoms with van der Waals surface area (Å²) in [6.45, 7) is 5.30. The van der Waals surface area contributed by atoms with Crippen molar-refractivity contribution in [2.24, 2.45) is 5.73 Å². The third kappa shape index (κ3) is 4.43. The van der Waals surface area contributed by atoms with Gasteiger partial charge in [0.25, 0.3) is 0 Å². The first-order valence-electron chi connectivity index (χ1n) is 7.53. The Kier molecular flexibility index (Phi) is 5.62. The number of amides is 1. The number of likely N-dealkylation sites (tertiary alicyclic amines) is 1. The standard InChI is InChI=1S/C16H24ClN3O/c1-11-6-7-13(17)9-14(11)19-16(21)10-20-8-4-3-5-15(20)12(2)18/h6-7,9,12,15H,3-5,8,10,18H2,1-2H3,(H,19,21). The first-order valence-corrected chi connectivity index (χ1v) is 7.91. The van der Waals surface area contributed by atoms with Gasteiger partial charge in [0, 0.05) is 22.8 Å². The zero-order valence-corrected chi connectivity index (χ0v) is 13.5. The van der Waals surface area contributed by atoms with Crippen molar-refractivity contribution in [3.05, 3.63) is 28.8 Å². The molecule has 1 aliphatic rings. The van der Waals surface area contributed by atoms with E-state index in [2.05, 4.69) is 10.2 Å². The average molecular weight is 310 g/mol. The predicted molar refractivity (Wildman–Crippen MR) is 87.7 cm³/mol. The molecule has 0 bridgehead atoms. The summed E-state index contributed by atoms with van der Waals surface area (Å²) in [4.78, 5) is 14.5. The quantitative estimate of drug-likeness (QED) is 0.899. The van der Waals surface area contributed by atoms with E-state index in [1.54, 1.807) is 6.07 Å². The van der Waals surface area contributed by atoms with Crippen LogP contribution < -0.4 is 11.1 Å². The van der Waals surface area contributed by atoms with Crippen molar-refractivity contribution in [1.82, 2.24) is 4.90 Å². The molecule has 3 N–H and O–H groups in total. The highest BCUT2D eigenvalue weighted by molar-refractivity contribution is 6.31. The Morgan fingerprint density at radius 1 is 1.52 bits per heavy atom. The number of nitrogens with two attached hydrogens (primary N) is 1. The van der Waals surface area contributed by atoms with Gasteiger partial charge in [0.05, 0.1) is 6.54 Å². The van der Waals surface area contributed by atoms with Crippen LogP contribution in [0.3, 0.4) is 0 Å². The summed E-state index contributed by atoms with van der Waals surface area (Å²) >= 11 is 5.98. The van der Waals surface area contributed by atoms with Crippen molar-refractivity contribution in [2.45, 2.75) is 45.2 Å². The third-order valence-corrected chi connectivity index (χ3v) is 4.33. The van der Waals surface area contributed by atoms with Gasteiger partial charge in [0.15, 0.2) is 0 Å². The Morgan fingerprint density at radius 2 is 2.29 bits per heavy atom. The van der Waals surface area contributed by atoms with Crippen LogP contribution in [-0.4, -0.2) is 36.0 Å². The van der Waals surface area contributed by atoms with Crippen LogP contribution in [0.1, 0.15) is 31.7 Å². The predicted octanol–water partition coefficient (Wildman–Crippen LogP) is 2.79. The normalized spacial score (nSPS) is 21.0. The summed E-state index contributed by atoms with van der Waals surface area (Å²) in [7, 11) is 0. The number of rotatable bonds is 4. The lowest BCUT2D eigenvalue weighted by Crippen LogP contribution is -2.51. The number of anilines is 1. The molecule has 2 unspecified atom stereocenters. The molecule has 1 heterocycles. The molecule has 0 spiro atoms. The average Bonchev–Trinajstić information content (AvgIpc) is 2.43. The number of nitrogens with zero attached hydrogens (tertiary/aromatic N) is 1. The third-order valence-electron chi connectivity index (χ3n) is 4.09. The molecule has 0 aromatic heterocycles. The van der Waals surface area contributed by atoms with E-state index in [1.807, 2.05) is 26.0 Å². The molecule has 1 amide bonds. The van der Waals surface area contributed by atoms with Gasteiger partial charge >= 0.3 is 0 Å². The van der Waals surface area contributed by atoms with E-state index >= 15 is 0 Å². The fourth-order valence-electron chi connectivity index (χ4n) is 2.91. The molecule has 1 aromatic rings. The lowest BCUT2D eigenvalue weighted by atomic mass is 9.97. The number of aryl methyl sites for hydroxylation is 1. The number of hydrogen-bond acceptors (Lipinski definition) is 3. The van der Waals surface area contributed by atoms with Crippen LogP contribution >= 0.6 is 11.6 Å². The van der Waals surface area contributed by atoms with Crippen LogP contribution in [0, 0.1) is 6.92 Å². The first-order chi connectivity index (χ1) is 9.97. The van der Waals surface area contributed by atoms with Gasteiger partial charge in [-0.25, -0.2) is 0 Å². The van der Waals surface area contributed by atoms with E-state index in [-0.39, 0.29) is 11.9 Å². The Balaban J connectivity index is 1.98. The van der Waals surface area contributed by atoms with E-state index in [4.69, 9.17) is 17.3 Å². The molecule has 0 saturated carbocycles. The number of hydrogen-bond donors (Lipinski definition) is 2. The summed E-state index contributed by atoms with van der Waals surface area (Å²) < 4.78 is 0. The van der Waals surface area contributed by atoms with E-state index in [0.717, 1.165) is 30.6 Å². The van der Waals surface area contributed by atoms with Gasteiger partial charge in [-0.3, -0.25) is 9.69 Å². The largest absolute Gasteiger partial charge is 0.327 e. The number of halogens is 1. The number of piperidine rings is 1. The number of carbonyl (C=O) groups excluding carboxylic acids is 1. The Bertz CT molecular complexity index is 504. The molecule has 1 fully saturated rings. The number of carbonyl (C=O) groups is 1. The summed E-state index contributed by atoms with van der Waals surface area (Å²) in [5.74, 6) is -0.00656. The maximum Gasteiger partial charge on any atom is 0.238 e. The SMILES string of the molecule is Cc1ccc(Cl)cc1NC(=O)CN1CCCCC1C(C)N. The molecule has 2 rings (SSSR count). The van der Waals surface area contributed by atoms with Gasteiger partial charge in [-0.2, -0.15) is 0 Å². The highest BCUT2D eigenvalue weighted by Crippen LogP contribution is 2.21. The summed E-state index contributed by atoms with van der Waals surface area (Å²) in [6.07, 6.45) is 3.39. The molecule has 0 aliphatic carbocycles. The minimum absolute atomic E-state index is 0.00656. The molecule has 0 radical (unpaired) electrons. The molecule has 1 saturated heterocycles. The Labute approximate surface area is 131 Å². The maximum atomic E-state index is 12.3. The van der Waals surface area contributed by atoms with Gasteiger partial charge in [-0.05, 0) is 50.9 Å². The molecule has 2 atom stereocenters. The van der Waals surface area contributed by atoms with Crippen molar-refractivity contribution < 1.29 is 4.79 Å². The summed E-state index contributed by atoms with van der Waals surface area (Å²) in [5, 5.41) is 3.58. The second-order valence-electron chi connectivity index (χ2n) is 5.90. The maximum absolute atomic E-state index is 12.3. The Hall–Kier alpha value is -1.10. The number of nitrogens with one attached hydrogen (secondary N) is 1. The van der Waals surface area contributed by atoms with Crippen LogP contribution in [0.5, 0.6) is 0 Å². The van der Waals surface area contributed by atoms with Gasteiger partial charge < -0.3 is 11.1 Å². The lowest BCUT2D eigenvalue weighted by Gasteiger charge is -2.37. The summed E-state index contributed by atoms with van der Waals surface area (Å²) in [6, 6.07) is 5.90. The number of benzene rings is 1.